The number of aryl methyl sites for hydroxylation is 3. The maximum atomic E-state index is 12.5. The van der Waals surface area contributed by atoms with Crippen LogP contribution < -0.4 is 14.8 Å². The molecule has 0 radical (unpaired) electrons. The summed E-state index contributed by atoms with van der Waals surface area (Å²) in [6, 6.07) is 8.19. The summed E-state index contributed by atoms with van der Waals surface area (Å²) in [6.45, 7) is 3.15. The molecule has 1 heterocycles. The molecule has 8 heteroatoms. The number of rotatable bonds is 6. The zero-order chi connectivity index (χ0) is 21.1. The standard InChI is InChI=1S/C21H20F2N2O3S/c1-11-7-13(3)15(8-12(11)2)16-10-29-21(24-16)25-19(26)14-5-6-17(28-20(22)23)18(9-14)27-4/h5-10,20H,1-4H3,(H,24,25,26). The molecule has 0 atom stereocenters. The second-order valence-electron chi connectivity index (χ2n) is 6.49. The van der Waals surface area contributed by atoms with Gasteiger partial charge >= 0.3 is 6.61 Å². The Hall–Kier alpha value is -3.00. The van der Waals surface area contributed by atoms with Crippen LogP contribution in [0, 0.1) is 20.8 Å². The summed E-state index contributed by atoms with van der Waals surface area (Å²) < 4.78 is 34.3. The van der Waals surface area contributed by atoms with E-state index in [4.69, 9.17) is 4.74 Å². The largest absolute Gasteiger partial charge is 0.493 e. The van der Waals surface area contributed by atoms with Crippen molar-refractivity contribution < 1.29 is 23.0 Å². The number of hydrogen-bond acceptors (Lipinski definition) is 5. The number of alkyl halides is 2. The number of amides is 1. The van der Waals surface area contributed by atoms with Gasteiger partial charge in [0.05, 0.1) is 12.8 Å². The maximum absolute atomic E-state index is 12.5. The summed E-state index contributed by atoms with van der Waals surface area (Å²) in [5.41, 5.74) is 5.52. The van der Waals surface area contributed by atoms with E-state index in [0.29, 0.717) is 5.13 Å². The van der Waals surface area contributed by atoms with E-state index >= 15 is 0 Å². The van der Waals surface area contributed by atoms with Gasteiger partial charge in [0.1, 0.15) is 0 Å². The number of ether oxygens (including phenoxy) is 2. The molecule has 0 saturated heterocycles. The smallest absolute Gasteiger partial charge is 0.387 e. The number of carbonyl (C=O) groups is 1. The van der Waals surface area contributed by atoms with Gasteiger partial charge in [-0.3, -0.25) is 10.1 Å². The van der Waals surface area contributed by atoms with Gasteiger partial charge in [-0.25, -0.2) is 4.98 Å². The molecule has 152 valence electrons. The fourth-order valence-electron chi connectivity index (χ4n) is 2.86. The SMILES string of the molecule is COc1cc(C(=O)Nc2nc(-c3cc(C)c(C)cc3C)cs2)ccc1OC(F)F. The van der Waals surface area contributed by atoms with Crippen LogP contribution in [0.25, 0.3) is 11.3 Å². The lowest BCUT2D eigenvalue weighted by Gasteiger charge is -2.11. The van der Waals surface area contributed by atoms with Crippen LogP contribution in [0.15, 0.2) is 35.7 Å². The minimum absolute atomic E-state index is 0.0449. The Labute approximate surface area is 171 Å². The molecule has 1 aromatic heterocycles. The topological polar surface area (TPSA) is 60.5 Å². The molecule has 0 aliphatic carbocycles. The first-order valence-corrected chi connectivity index (χ1v) is 9.64. The number of benzene rings is 2. The lowest BCUT2D eigenvalue weighted by atomic mass is 9.99. The summed E-state index contributed by atoms with van der Waals surface area (Å²) in [5, 5.41) is 5.05. The molecule has 0 aliphatic rings. The molecule has 0 fully saturated rings. The molecule has 0 unspecified atom stereocenters. The number of nitrogens with one attached hydrogen (secondary N) is 1. The third-order valence-corrected chi connectivity index (χ3v) is 5.24. The first-order chi connectivity index (χ1) is 13.8. The average molecular weight is 418 g/mol. The van der Waals surface area contributed by atoms with E-state index < -0.39 is 12.5 Å². The minimum atomic E-state index is -2.98. The molecule has 0 spiro atoms. The van der Waals surface area contributed by atoms with Crippen molar-refractivity contribution in [2.75, 3.05) is 12.4 Å². The van der Waals surface area contributed by atoms with Crippen molar-refractivity contribution >= 4 is 22.4 Å². The van der Waals surface area contributed by atoms with E-state index in [1.807, 2.05) is 19.2 Å². The number of thiazole rings is 1. The second-order valence-corrected chi connectivity index (χ2v) is 7.35. The Kier molecular flexibility index (Phi) is 6.12. The van der Waals surface area contributed by atoms with Gasteiger partial charge in [0.15, 0.2) is 16.6 Å². The number of anilines is 1. The third-order valence-electron chi connectivity index (χ3n) is 4.48. The van der Waals surface area contributed by atoms with E-state index in [1.54, 1.807) is 0 Å². The Bertz CT molecular complexity index is 1050. The van der Waals surface area contributed by atoms with E-state index in [2.05, 4.69) is 34.1 Å². The monoisotopic (exact) mass is 418 g/mol. The summed E-state index contributed by atoms with van der Waals surface area (Å²) in [6.07, 6.45) is 0. The predicted octanol–water partition coefficient (Wildman–Crippen LogP) is 5.60. The molecule has 0 aliphatic heterocycles. The molecule has 0 saturated carbocycles. The Balaban J connectivity index is 1.79. The van der Waals surface area contributed by atoms with Crippen molar-refractivity contribution in [3.63, 3.8) is 0 Å². The molecule has 5 nitrogen and oxygen atoms in total. The van der Waals surface area contributed by atoms with Crippen molar-refractivity contribution in [1.82, 2.24) is 4.98 Å². The number of carbonyl (C=O) groups excluding carboxylic acids is 1. The van der Waals surface area contributed by atoms with Gasteiger partial charge in [0.25, 0.3) is 5.91 Å². The summed E-state index contributed by atoms with van der Waals surface area (Å²) in [7, 11) is 1.31. The van der Waals surface area contributed by atoms with Crippen molar-refractivity contribution in [3.05, 3.63) is 58.0 Å². The summed E-state index contributed by atoms with van der Waals surface area (Å²) in [4.78, 5) is 17.0. The van der Waals surface area contributed by atoms with E-state index in [9.17, 15) is 13.6 Å². The highest BCUT2D eigenvalue weighted by molar-refractivity contribution is 7.14. The van der Waals surface area contributed by atoms with Crippen molar-refractivity contribution in [2.45, 2.75) is 27.4 Å². The molecular formula is C21H20F2N2O3S. The first-order valence-electron chi connectivity index (χ1n) is 8.76. The molecule has 2 aromatic carbocycles. The fourth-order valence-corrected chi connectivity index (χ4v) is 3.57. The van der Waals surface area contributed by atoms with Crippen molar-refractivity contribution in [1.29, 1.82) is 0 Å². The van der Waals surface area contributed by atoms with Gasteiger partial charge in [0, 0.05) is 16.5 Å². The number of aromatic nitrogens is 1. The fraction of sp³-hybridized carbons (Fsp3) is 0.238. The molecule has 29 heavy (non-hydrogen) atoms. The van der Waals surface area contributed by atoms with Gasteiger partial charge < -0.3 is 9.47 Å². The van der Waals surface area contributed by atoms with Gasteiger partial charge in [0.2, 0.25) is 0 Å². The van der Waals surface area contributed by atoms with Crippen LogP contribution in [0.1, 0.15) is 27.0 Å². The zero-order valence-corrected chi connectivity index (χ0v) is 17.2. The molecule has 1 amide bonds. The summed E-state index contributed by atoms with van der Waals surface area (Å²) >= 11 is 1.31. The van der Waals surface area contributed by atoms with Gasteiger partial charge in [-0.05, 0) is 61.7 Å². The second kappa shape index (κ2) is 8.57. The molecule has 3 rings (SSSR count). The summed E-state index contributed by atoms with van der Waals surface area (Å²) in [5.74, 6) is -0.520. The third kappa shape index (κ3) is 4.71. The van der Waals surface area contributed by atoms with Crippen LogP contribution in [0.3, 0.4) is 0 Å². The lowest BCUT2D eigenvalue weighted by Crippen LogP contribution is -2.12. The highest BCUT2D eigenvalue weighted by Gasteiger charge is 2.16. The van der Waals surface area contributed by atoms with Crippen LogP contribution in [0.5, 0.6) is 11.5 Å². The molecular weight excluding hydrogens is 398 g/mol. The molecule has 0 bridgehead atoms. The van der Waals surface area contributed by atoms with E-state index in [0.717, 1.165) is 16.8 Å². The van der Waals surface area contributed by atoms with Crippen LogP contribution in [-0.2, 0) is 0 Å². The van der Waals surface area contributed by atoms with Gasteiger partial charge in [-0.1, -0.05) is 6.07 Å². The normalized spacial score (nSPS) is 10.9. The van der Waals surface area contributed by atoms with Gasteiger partial charge in [-0.15, -0.1) is 11.3 Å². The molecule has 3 aromatic rings. The van der Waals surface area contributed by atoms with Gasteiger partial charge in [-0.2, -0.15) is 8.78 Å². The van der Waals surface area contributed by atoms with Crippen LogP contribution in [0.4, 0.5) is 13.9 Å². The Morgan fingerprint density at radius 2 is 1.79 bits per heavy atom. The number of hydrogen-bond donors (Lipinski definition) is 1. The van der Waals surface area contributed by atoms with Crippen molar-refractivity contribution in [2.24, 2.45) is 0 Å². The van der Waals surface area contributed by atoms with Crippen molar-refractivity contribution in [3.8, 4) is 22.8 Å². The zero-order valence-electron chi connectivity index (χ0n) is 16.4. The maximum Gasteiger partial charge on any atom is 0.387 e. The highest BCUT2D eigenvalue weighted by Crippen LogP contribution is 2.31. The first kappa shape index (κ1) is 20.7. The quantitative estimate of drug-likeness (QED) is 0.566. The Morgan fingerprint density at radius 1 is 1.07 bits per heavy atom. The number of nitrogens with zero attached hydrogens (tertiary/aromatic N) is 1. The van der Waals surface area contributed by atoms with Crippen LogP contribution in [-0.4, -0.2) is 24.6 Å². The van der Waals surface area contributed by atoms with Crippen LogP contribution in [0.2, 0.25) is 0 Å². The molecule has 1 N–H and O–H groups in total. The van der Waals surface area contributed by atoms with Crippen LogP contribution >= 0.6 is 11.3 Å². The number of methoxy groups -OCH3 is 1. The lowest BCUT2D eigenvalue weighted by molar-refractivity contribution is -0.0512. The van der Waals surface area contributed by atoms with E-state index in [1.165, 1.54) is 47.8 Å². The Morgan fingerprint density at radius 3 is 2.48 bits per heavy atom. The van der Waals surface area contributed by atoms with E-state index in [-0.39, 0.29) is 17.1 Å². The predicted molar refractivity (Wildman–Crippen MR) is 109 cm³/mol. The average Bonchev–Trinajstić information content (AvgIpc) is 3.12. The minimum Gasteiger partial charge on any atom is -0.493 e. The number of halogens is 2. The highest BCUT2D eigenvalue weighted by atomic mass is 32.1.